The Morgan fingerprint density at radius 3 is 2.66 bits per heavy atom. The van der Waals surface area contributed by atoms with Crippen molar-refractivity contribution in [2.45, 2.75) is 32.9 Å². The van der Waals surface area contributed by atoms with Crippen LogP contribution in [0.25, 0.3) is 0 Å². The molecule has 1 unspecified atom stereocenters. The van der Waals surface area contributed by atoms with Gasteiger partial charge >= 0.3 is 0 Å². The number of amides is 1. The number of carbonyl (C=O) groups is 1. The van der Waals surface area contributed by atoms with Gasteiger partial charge in [-0.3, -0.25) is 14.7 Å². The van der Waals surface area contributed by atoms with Crippen molar-refractivity contribution in [3.05, 3.63) is 77.2 Å². The zero-order valence-electron chi connectivity index (χ0n) is 16.8. The lowest BCUT2D eigenvalue weighted by atomic mass is 10.1. The highest BCUT2D eigenvalue weighted by atomic mass is 16.5. The van der Waals surface area contributed by atoms with Crippen LogP contribution in [0.2, 0.25) is 0 Å². The van der Waals surface area contributed by atoms with Gasteiger partial charge in [0.05, 0.1) is 5.69 Å². The molecular weight excluding hydrogens is 366 g/mol. The van der Waals surface area contributed by atoms with Crippen LogP contribution in [-0.4, -0.2) is 50.5 Å². The molecule has 0 saturated carbocycles. The van der Waals surface area contributed by atoms with E-state index in [0.29, 0.717) is 30.4 Å². The molecule has 29 heavy (non-hydrogen) atoms. The molecule has 0 spiro atoms. The molecule has 2 aromatic heterocycles. The summed E-state index contributed by atoms with van der Waals surface area (Å²) in [6, 6.07) is 13.2. The van der Waals surface area contributed by atoms with E-state index < -0.39 is 0 Å². The van der Waals surface area contributed by atoms with Crippen molar-refractivity contribution >= 4 is 5.91 Å². The summed E-state index contributed by atoms with van der Waals surface area (Å²) in [5.74, 6) is 1.04. The van der Waals surface area contributed by atoms with Crippen LogP contribution < -0.4 is 0 Å². The number of benzene rings is 1. The lowest BCUT2D eigenvalue weighted by molar-refractivity contribution is 0.0631. The fourth-order valence-corrected chi connectivity index (χ4v) is 3.67. The Hall–Kier alpha value is -3.06. The fourth-order valence-electron chi connectivity index (χ4n) is 3.67. The molecule has 3 aromatic rings. The first kappa shape index (κ1) is 19.3. The van der Waals surface area contributed by atoms with Gasteiger partial charge in [-0.15, -0.1) is 0 Å². The third kappa shape index (κ3) is 4.51. The van der Waals surface area contributed by atoms with Gasteiger partial charge in [-0.25, -0.2) is 0 Å². The summed E-state index contributed by atoms with van der Waals surface area (Å²) < 4.78 is 5.49. The molecule has 0 radical (unpaired) electrons. The second kappa shape index (κ2) is 8.53. The number of pyridine rings is 1. The normalized spacial score (nSPS) is 17.9. The first-order chi connectivity index (χ1) is 14.1. The van der Waals surface area contributed by atoms with Crippen LogP contribution in [-0.2, 0) is 6.54 Å². The number of carbonyl (C=O) groups excluding carboxylic acids is 1. The number of aryl methyl sites for hydroxylation is 2. The van der Waals surface area contributed by atoms with Crippen molar-refractivity contribution < 1.29 is 9.32 Å². The summed E-state index contributed by atoms with van der Waals surface area (Å²) in [6.45, 7) is 6.67. The molecule has 0 bridgehead atoms. The molecule has 1 aromatic carbocycles. The van der Waals surface area contributed by atoms with Crippen LogP contribution in [0.1, 0.15) is 45.8 Å². The summed E-state index contributed by atoms with van der Waals surface area (Å²) in [6.07, 6.45) is 2.76. The molecule has 1 amide bonds. The highest BCUT2D eigenvalue weighted by Crippen LogP contribution is 2.26. The predicted molar refractivity (Wildman–Crippen MR) is 108 cm³/mol. The lowest BCUT2D eigenvalue weighted by Gasteiger charge is -2.29. The van der Waals surface area contributed by atoms with Crippen molar-refractivity contribution in [2.75, 3.05) is 19.6 Å². The molecule has 7 heteroatoms. The minimum atomic E-state index is -0.295. The van der Waals surface area contributed by atoms with Crippen molar-refractivity contribution in [1.29, 1.82) is 0 Å². The third-order valence-corrected chi connectivity index (χ3v) is 5.15. The molecular formula is C22H25N5O2. The summed E-state index contributed by atoms with van der Waals surface area (Å²) in [5, 5.41) is 3.95. The van der Waals surface area contributed by atoms with E-state index >= 15 is 0 Å². The molecule has 1 aliphatic rings. The van der Waals surface area contributed by atoms with Gasteiger partial charge in [-0.2, -0.15) is 4.98 Å². The quantitative estimate of drug-likeness (QED) is 0.680. The Bertz CT molecular complexity index is 955. The van der Waals surface area contributed by atoms with E-state index in [9.17, 15) is 4.79 Å². The van der Waals surface area contributed by atoms with Crippen LogP contribution in [0.4, 0.5) is 0 Å². The number of rotatable bonds is 4. The van der Waals surface area contributed by atoms with E-state index in [1.807, 2.05) is 48.4 Å². The van der Waals surface area contributed by atoms with Crippen molar-refractivity contribution in [3.8, 4) is 0 Å². The highest BCUT2D eigenvalue weighted by molar-refractivity contribution is 5.94. The predicted octanol–water partition coefficient (Wildman–Crippen LogP) is 3.17. The van der Waals surface area contributed by atoms with Gasteiger partial charge in [0.2, 0.25) is 0 Å². The zero-order chi connectivity index (χ0) is 20.2. The van der Waals surface area contributed by atoms with E-state index in [1.165, 1.54) is 0 Å². The van der Waals surface area contributed by atoms with E-state index in [0.717, 1.165) is 30.8 Å². The smallest absolute Gasteiger partial charge is 0.254 e. The first-order valence-electron chi connectivity index (χ1n) is 9.90. The fraction of sp³-hybridized carbons (Fsp3) is 0.364. The number of aromatic nitrogens is 3. The highest BCUT2D eigenvalue weighted by Gasteiger charge is 2.34. The Kier molecular flexibility index (Phi) is 5.67. The summed E-state index contributed by atoms with van der Waals surface area (Å²) in [5.41, 5.74) is 2.82. The Morgan fingerprint density at radius 2 is 1.97 bits per heavy atom. The van der Waals surface area contributed by atoms with Crippen LogP contribution in [0.3, 0.4) is 0 Å². The van der Waals surface area contributed by atoms with Gasteiger partial charge in [0.1, 0.15) is 6.04 Å². The summed E-state index contributed by atoms with van der Waals surface area (Å²) in [7, 11) is 0. The van der Waals surface area contributed by atoms with Crippen molar-refractivity contribution in [3.63, 3.8) is 0 Å². The van der Waals surface area contributed by atoms with Crippen molar-refractivity contribution in [1.82, 2.24) is 24.9 Å². The van der Waals surface area contributed by atoms with Gasteiger partial charge in [-0.05, 0) is 44.0 Å². The largest absolute Gasteiger partial charge is 0.337 e. The summed E-state index contributed by atoms with van der Waals surface area (Å²) >= 11 is 0. The number of hydrogen-bond acceptors (Lipinski definition) is 6. The van der Waals surface area contributed by atoms with Gasteiger partial charge in [0, 0.05) is 37.9 Å². The maximum absolute atomic E-state index is 13.3. The van der Waals surface area contributed by atoms with Crippen LogP contribution in [0, 0.1) is 13.8 Å². The number of nitrogens with zero attached hydrogens (tertiary/aromatic N) is 5. The minimum absolute atomic E-state index is 0.0123. The van der Waals surface area contributed by atoms with Gasteiger partial charge in [0.15, 0.2) is 5.82 Å². The molecule has 7 nitrogen and oxygen atoms in total. The monoisotopic (exact) mass is 391 g/mol. The second-order valence-electron chi connectivity index (χ2n) is 7.48. The molecule has 0 aliphatic carbocycles. The van der Waals surface area contributed by atoms with E-state index in [2.05, 4.69) is 32.2 Å². The second-order valence-corrected chi connectivity index (χ2v) is 7.48. The maximum Gasteiger partial charge on any atom is 0.254 e. The average Bonchev–Trinajstić information content (AvgIpc) is 3.06. The van der Waals surface area contributed by atoms with E-state index in [4.69, 9.17) is 4.52 Å². The average molecular weight is 391 g/mol. The Morgan fingerprint density at radius 1 is 1.14 bits per heavy atom. The molecule has 3 heterocycles. The van der Waals surface area contributed by atoms with Gasteiger partial charge in [-0.1, -0.05) is 29.4 Å². The van der Waals surface area contributed by atoms with E-state index in [1.54, 1.807) is 6.92 Å². The molecule has 0 N–H and O–H groups in total. The van der Waals surface area contributed by atoms with Crippen LogP contribution in [0.15, 0.2) is 53.2 Å². The summed E-state index contributed by atoms with van der Waals surface area (Å²) in [4.78, 5) is 26.4. The van der Waals surface area contributed by atoms with Crippen LogP contribution in [0.5, 0.6) is 0 Å². The van der Waals surface area contributed by atoms with Gasteiger partial charge in [0.25, 0.3) is 11.8 Å². The zero-order valence-corrected chi connectivity index (χ0v) is 16.8. The molecule has 1 atom stereocenters. The topological polar surface area (TPSA) is 75.4 Å². The SMILES string of the molecule is Cc1ccc(CN2CCCN(C(=O)c3ccccc3)C(c3nc(C)no3)C2)nc1. The van der Waals surface area contributed by atoms with Crippen LogP contribution >= 0.6 is 0 Å². The maximum atomic E-state index is 13.3. The molecule has 4 rings (SSSR count). The van der Waals surface area contributed by atoms with Gasteiger partial charge < -0.3 is 9.42 Å². The molecule has 1 fully saturated rings. The minimum Gasteiger partial charge on any atom is -0.337 e. The molecule has 1 saturated heterocycles. The molecule has 1 aliphatic heterocycles. The number of hydrogen-bond donors (Lipinski definition) is 0. The Balaban J connectivity index is 1.60. The third-order valence-electron chi connectivity index (χ3n) is 5.15. The molecule has 150 valence electrons. The Labute approximate surface area is 170 Å². The standard InChI is InChI=1S/C22H25N5O2/c1-16-9-10-19(23-13-16)14-26-11-6-12-27(22(28)18-7-4-3-5-8-18)20(15-26)21-24-17(2)25-29-21/h3-5,7-10,13,20H,6,11-12,14-15H2,1-2H3. The lowest BCUT2D eigenvalue weighted by Crippen LogP contribution is -2.38. The first-order valence-corrected chi connectivity index (χ1v) is 9.90. The van der Waals surface area contributed by atoms with Crippen molar-refractivity contribution in [2.24, 2.45) is 0 Å². The van der Waals surface area contributed by atoms with E-state index in [-0.39, 0.29) is 11.9 Å².